The Bertz CT molecular complexity index is 603. The van der Waals surface area contributed by atoms with Crippen LogP contribution >= 0.6 is 15.9 Å². The predicted octanol–water partition coefficient (Wildman–Crippen LogP) is 0.830. The van der Waals surface area contributed by atoms with Crippen molar-refractivity contribution in [2.24, 2.45) is 0 Å². The summed E-state index contributed by atoms with van der Waals surface area (Å²) < 4.78 is 0.786. The monoisotopic (exact) mass is 340 g/mol. The number of carbonyl (C=O) groups is 3. The maximum atomic E-state index is 11.9. The summed E-state index contributed by atoms with van der Waals surface area (Å²) >= 11 is 3.32. The fourth-order valence-electron chi connectivity index (χ4n) is 1.83. The van der Waals surface area contributed by atoms with Crippen molar-refractivity contribution in [2.75, 3.05) is 24.1 Å². The Labute approximate surface area is 123 Å². The normalized spacial score (nSPS) is 14.4. The summed E-state index contributed by atoms with van der Waals surface area (Å²) in [5, 5.41) is 4.73. The Kier molecular flexibility index (Phi) is 3.93. The van der Waals surface area contributed by atoms with Crippen molar-refractivity contribution < 1.29 is 14.4 Å². The molecule has 4 amide bonds. The summed E-state index contributed by atoms with van der Waals surface area (Å²) in [6.07, 6.45) is 0. The molecular weight excluding hydrogens is 328 g/mol. The van der Waals surface area contributed by atoms with Crippen LogP contribution in [0, 0.1) is 6.92 Å². The van der Waals surface area contributed by atoms with E-state index in [0.29, 0.717) is 11.4 Å². The van der Waals surface area contributed by atoms with E-state index in [9.17, 15) is 14.4 Å². The van der Waals surface area contributed by atoms with Gasteiger partial charge in [-0.1, -0.05) is 15.9 Å². The fourth-order valence-corrected chi connectivity index (χ4v) is 2.40. The van der Waals surface area contributed by atoms with Gasteiger partial charge in [0.2, 0.25) is 11.8 Å². The average molecular weight is 341 g/mol. The Morgan fingerprint density at radius 2 is 2.20 bits per heavy atom. The molecule has 106 valence electrons. The highest BCUT2D eigenvalue weighted by atomic mass is 79.9. The van der Waals surface area contributed by atoms with E-state index in [1.54, 1.807) is 6.07 Å². The number of halogens is 1. The van der Waals surface area contributed by atoms with E-state index in [2.05, 4.69) is 26.6 Å². The lowest BCUT2D eigenvalue weighted by atomic mass is 10.1. The van der Waals surface area contributed by atoms with E-state index < -0.39 is 17.8 Å². The van der Waals surface area contributed by atoms with Gasteiger partial charge in [0.15, 0.2) is 0 Å². The molecule has 0 bridgehead atoms. The number of aryl methyl sites for hydroxylation is 1. The number of hydrogen-bond donors (Lipinski definition) is 3. The summed E-state index contributed by atoms with van der Waals surface area (Å²) in [5.41, 5.74) is 7.62. The first-order valence-electron chi connectivity index (χ1n) is 5.81. The molecule has 7 nitrogen and oxygen atoms in total. The topological polar surface area (TPSA) is 105 Å². The van der Waals surface area contributed by atoms with Gasteiger partial charge in [-0.3, -0.25) is 14.9 Å². The van der Waals surface area contributed by atoms with Crippen molar-refractivity contribution in [1.82, 2.24) is 10.2 Å². The number of amides is 4. The lowest BCUT2D eigenvalue weighted by Gasteiger charge is -2.15. The molecule has 1 aromatic rings. The molecule has 0 aliphatic carbocycles. The summed E-state index contributed by atoms with van der Waals surface area (Å²) in [5.74, 6) is -0.834. The van der Waals surface area contributed by atoms with E-state index in [-0.39, 0.29) is 13.1 Å². The van der Waals surface area contributed by atoms with Crippen LogP contribution in [0.3, 0.4) is 0 Å². The number of rotatable bonds is 3. The molecule has 20 heavy (non-hydrogen) atoms. The molecule has 0 unspecified atom stereocenters. The lowest BCUT2D eigenvalue weighted by Crippen LogP contribution is -2.35. The predicted molar refractivity (Wildman–Crippen MR) is 77.0 cm³/mol. The number of nitrogen functional groups attached to an aromatic ring is 1. The standard InChI is InChI=1S/C12H13BrN4O3/c1-6-2-7(13)3-8(11(6)14)15-9(18)4-17-5-10(19)16-12(17)20/h2-3H,4-5,14H2,1H3,(H,15,18)(H,16,19,20). The van der Waals surface area contributed by atoms with Gasteiger partial charge in [0.25, 0.3) is 0 Å². The molecule has 0 spiro atoms. The third-order valence-corrected chi connectivity index (χ3v) is 3.29. The third-order valence-electron chi connectivity index (χ3n) is 2.83. The molecule has 1 aromatic carbocycles. The highest BCUT2D eigenvalue weighted by molar-refractivity contribution is 9.10. The Balaban J connectivity index is 2.05. The van der Waals surface area contributed by atoms with Crippen LogP contribution in [0.1, 0.15) is 5.56 Å². The Morgan fingerprint density at radius 1 is 1.50 bits per heavy atom. The Hall–Kier alpha value is -2.09. The van der Waals surface area contributed by atoms with E-state index in [4.69, 9.17) is 5.73 Å². The van der Waals surface area contributed by atoms with Crippen LogP contribution in [0.4, 0.5) is 16.2 Å². The summed E-state index contributed by atoms with van der Waals surface area (Å²) in [6, 6.07) is 2.94. The molecule has 8 heteroatoms. The summed E-state index contributed by atoms with van der Waals surface area (Å²) in [4.78, 5) is 35.3. The summed E-state index contributed by atoms with van der Waals surface area (Å²) in [6.45, 7) is 1.50. The number of imide groups is 1. The van der Waals surface area contributed by atoms with E-state index in [0.717, 1.165) is 14.9 Å². The van der Waals surface area contributed by atoms with Crippen molar-refractivity contribution in [3.8, 4) is 0 Å². The molecule has 1 aliphatic heterocycles. The van der Waals surface area contributed by atoms with Gasteiger partial charge < -0.3 is 16.0 Å². The number of benzene rings is 1. The van der Waals surface area contributed by atoms with Crippen LogP contribution in [0.2, 0.25) is 0 Å². The highest BCUT2D eigenvalue weighted by Crippen LogP contribution is 2.27. The van der Waals surface area contributed by atoms with Crippen molar-refractivity contribution in [3.05, 3.63) is 22.2 Å². The van der Waals surface area contributed by atoms with Crippen molar-refractivity contribution in [3.63, 3.8) is 0 Å². The number of carbonyl (C=O) groups excluding carboxylic acids is 3. The molecule has 0 radical (unpaired) electrons. The second kappa shape index (κ2) is 5.49. The number of nitrogens with zero attached hydrogens (tertiary/aromatic N) is 1. The molecule has 1 saturated heterocycles. The van der Waals surface area contributed by atoms with Crippen molar-refractivity contribution >= 4 is 45.2 Å². The minimum Gasteiger partial charge on any atom is -0.397 e. The van der Waals surface area contributed by atoms with Gasteiger partial charge in [0.05, 0.1) is 11.4 Å². The first kappa shape index (κ1) is 14.3. The molecule has 1 aliphatic rings. The van der Waals surface area contributed by atoms with Crippen LogP contribution in [0.25, 0.3) is 0 Å². The Morgan fingerprint density at radius 3 is 2.80 bits per heavy atom. The first-order valence-corrected chi connectivity index (χ1v) is 6.60. The van der Waals surface area contributed by atoms with Gasteiger partial charge in [0.1, 0.15) is 13.1 Å². The third kappa shape index (κ3) is 3.08. The number of anilines is 2. The minimum atomic E-state index is -0.566. The van der Waals surface area contributed by atoms with Gasteiger partial charge in [-0.15, -0.1) is 0 Å². The molecule has 1 fully saturated rings. The zero-order valence-electron chi connectivity index (χ0n) is 10.7. The van der Waals surface area contributed by atoms with E-state index in [1.165, 1.54) is 0 Å². The van der Waals surface area contributed by atoms with Crippen molar-refractivity contribution in [1.29, 1.82) is 0 Å². The van der Waals surface area contributed by atoms with Crippen LogP contribution < -0.4 is 16.4 Å². The molecule has 1 heterocycles. The van der Waals surface area contributed by atoms with Crippen LogP contribution in [-0.2, 0) is 9.59 Å². The SMILES string of the molecule is Cc1cc(Br)cc(NC(=O)CN2CC(=O)NC2=O)c1N. The molecule has 2 rings (SSSR count). The molecule has 0 atom stereocenters. The molecule has 0 saturated carbocycles. The zero-order chi connectivity index (χ0) is 14.9. The van der Waals surface area contributed by atoms with Gasteiger partial charge in [0, 0.05) is 4.47 Å². The molecule has 0 aromatic heterocycles. The quantitative estimate of drug-likeness (QED) is 0.559. The second-order valence-electron chi connectivity index (χ2n) is 4.44. The zero-order valence-corrected chi connectivity index (χ0v) is 12.3. The maximum absolute atomic E-state index is 11.9. The second-order valence-corrected chi connectivity index (χ2v) is 5.36. The minimum absolute atomic E-state index is 0.112. The maximum Gasteiger partial charge on any atom is 0.325 e. The molecular formula is C12H13BrN4O3. The van der Waals surface area contributed by atoms with Crippen LogP contribution in [0.15, 0.2) is 16.6 Å². The lowest BCUT2D eigenvalue weighted by molar-refractivity contribution is -0.119. The summed E-state index contributed by atoms with van der Waals surface area (Å²) in [7, 11) is 0. The first-order chi connectivity index (χ1) is 9.36. The van der Waals surface area contributed by atoms with Gasteiger partial charge in [-0.05, 0) is 24.6 Å². The fraction of sp³-hybridized carbons (Fsp3) is 0.250. The number of urea groups is 1. The smallest absolute Gasteiger partial charge is 0.325 e. The van der Waals surface area contributed by atoms with E-state index in [1.807, 2.05) is 13.0 Å². The number of nitrogens with one attached hydrogen (secondary N) is 2. The van der Waals surface area contributed by atoms with Gasteiger partial charge in [-0.2, -0.15) is 0 Å². The van der Waals surface area contributed by atoms with Crippen LogP contribution in [0.5, 0.6) is 0 Å². The highest BCUT2D eigenvalue weighted by Gasteiger charge is 2.28. The van der Waals surface area contributed by atoms with Crippen molar-refractivity contribution in [2.45, 2.75) is 6.92 Å². The van der Waals surface area contributed by atoms with Gasteiger partial charge in [-0.25, -0.2) is 4.79 Å². The number of hydrogen-bond acceptors (Lipinski definition) is 4. The molecule has 4 N–H and O–H groups in total. The van der Waals surface area contributed by atoms with Crippen LogP contribution in [-0.4, -0.2) is 35.8 Å². The van der Waals surface area contributed by atoms with E-state index >= 15 is 0 Å². The average Bonchev–Trinajstić information content (AvgIpc) is 2.64. The largest absolute Gasteiger partial charge is 0.397 e. The van der Waals surface area contributed by atoms with Gasteiger partial charge >= 0.3 is 6.03 Å². The number of nitrogens with two attached hydrogens (primary N) is 1.